The third-order valence-corrected chi connectivity index (χ3v) is 6.68. The van der Waals surface area contributed by atoms with Crippen molar-refractivity contribution in [2.45, 2.75) is 11.7 Å². The van der Waals surface area contributed by atoms with Crippen LogP contribution in [0.4, 0.5) is 5.69 Å². The Morgan fingerprint density at radius 1 is 1.03 bits per heavy atom. The second-order valence-corrected chi connectivity index (χ2v) is 9.18. The quantitative estimate of drug-likeness (QED) is 0.222. The summed E-state index contributed by atoms with van der Waals surface area (Å²) in [6, 6.07) is 10.2. The van der Waals surface area contributed by atoms with Crippen LogP contribution in [0, 0.1) is 0 Å². The third-order valence-electron chi connectivity index (χ3n) is 4.28. The highest BCUT2D eigenvalue weighted by Crippen LogP contribution is 2.32. The number of nitrogens with one attached hydrogen (secondary N) is 2. The molecule has 1 aromatic heterocycles. The molecule has 1 heterocycles. The van der Waals surface area contributed by atoms with Gasteiger partial charge in [-0.15, -0.1) is 10.2 Å². The van der Waals surface area contributed by atoms with Crippen LogP contribution in [-0.2, 0) is 23.2 Å². The van der Waals surface area contributed by atoms with Gasteiger partial charge in [-0.25, -0.2) is 0 Å². The minimum Gasteiger partial charge on any atom is -0.345 e. The molecular formula is C21H17Cl4N5O2S. The first-order valence-electron chi connectivity index (χ1n) is 9.40. The van der Waals surface area contributed by atoms with Gasteiger partial charge < -0.3 is 15.2 Å². The van der Waals surface area contributed by atoms with E-state index in [1.807, 2.05) is 18.2 Å². The molecule has 2 aromatic carbocycles. The van der Waals surface area contributed by atoms with Crippen LogP contribution in [0.1, 0.15) is 11.4 Å². The van der Waals surface area contributed by atoms with Crippen molar-refractivity contribution in [2.24, 2.45) is 7.05 Å². The average molecular weight is 545 g/mol. The molecule has 0 bridgehead atoms. The Bertz CT molecular complexity index is 1220. The first-order valence-corrected chi connectivity index (χ1v) is 11.9. The number of hydrogen-bond donors (Lipinski definition) is 2. The lowest BCUT2D eigenvalue weighted by Crippen LogP contribution is -2.22. The zero-order valence-corrected chi connectivity index (χ0v) is 21.0. The third kappa shape index (κ3) is 7.12. The zero-order chi connectivity index (χ0) is 24.0. The predicted octanol–water partition coefficient (Wildman–Crippen LogP) is 5.49. The van der Waals surface area contributed by atoms with Crippen LogP contribution in [-0.4, -0.2) is 32.3 Å². The van der Waals surface area contributed by atoms with Crippen molar-refractivity contribution in [2.75, 3.05) is 11.1 Å². The largest absolute Gasteiger partial charge is 0.345 e. The van der Waals surface area contributed by atoms with Gasteiger partial charge in [-0.2, -0.15) is 0 Å². The number of amides is 2. The molecule has 0 aliphatic carbocycles. The van der Waals surface area contributed by atoms with E-state index in [1.54, 1.807) is 23.8 Å². The number of aromatic nitrogens is 3. The van der Waals surface area contributed by atoms with E-state index in [2.05, 4.69) is 20.8 Å². The van der Waals surface area contributed by atoms with Crippen LogP contribution >= 0.6 is 58.2 Å². The molecule has 12 heteroatoms. The van der Waals surface area contributed by atoms with Gasteiger partial charge in [0.25, 0.3) is 0 Å². The molecule has 0 unspecified atom stereocenters. The second kappa shape index (κ2) is 11.8. The van der Waals surface area contributed by atoms with E-state index < -0.39 is 0 Å². The predicted molar refractivity (Wildman–Crippen MR) is 134 cm³/mol. The van der Waals surface area contributed by atoms with Crippen LogP contribution in [0.5, 0.6) is 0 Å². The Morgan fingerprint density at radius 3 is 2.52 bits per heavy atom. The first-order chi connectivity index (χ1) is 15.7. The van der Waals surface area contributed by atoms with Crippen molar-refractivity contribution in [1.29, 1.82) is 0 Å². The number of halogens is 4. The van der Waals surface area contributed by atoms with E-state index in [0.29, 0.717) is 26.7 Å². The van der Waals surface area contributed by atoms with Crippen molar-refractivity contribution in [1.82, 2.24) is 20.1 Å². The average Bonchev–Trinajstić information content (AvgIpc) is 3.13. The van der Waals surface area contributed by atoms with E-state index in [9.17, 15) is 9.59 Å². The van der Waals surface area contributed by atoms with Crippen LogP contribution in [0.15, 0.2) is 47.6 Å². The highest BCUT2D eigenvalue weighted by Gasteiger charge is 2.14. The normalized spacial score (nSPS) is 11.1. The van der Waals surface area contributed by atoms with Crippen LogP contribution in [0.2, 0.25) is 20.1 Å². The van der Waals surface area contributed by atoms with Gasteiger partial charge >= 0.3 is 0 Å². The molecule has 172 valence electrons. The molecule has 0 aliphatic rings. The molecule has 7 nitrogen and oxygen atoms in total. The molecule has 0 fully saturated rings. The van der Waals surface area contributed by atoms with Gasteiger partial charge in [0, 0.05) is 18.1 Å². The summed E-state index contributed by atoms with van der Waals surface area (Å²) in [6.45, 7) is 0.167. The summed E-state index contributed by atoms with van der Waals surface area (Å²) in [5, 5.41) is 15.5. The van der Waals surface area contributed by atoms with Gasteiger partial charge in [0.1, 0.15) is 0 Å². The lowest BCUT2D eigenvalue weighted by Gasteiger charge is -2.08. The Balaban J connectivity index is 1.51. The van der Waals surface area contributed by atoms with Crippen LogP contribution in [0.3, 0.4) is 0 Å². The number of carbonyl (C=O) groups excluding carboxylic acids is 2. The molecule has 2 N–H and O–H groups in total. The highest BCUT2D eigenvalue weighted by molar-refractivity contribution is 7.99. The van der Waals surface area contributed by atoms with Crippen molar-refractivity contribution in [3.63, 3.8) is 0 Å². The Morgan fingerprint density at radius 2 is 1.76 bits per heavy atom. The van der Waals surface area contributed by atoms with Gasteiger partial charge in [0.15, 0.2) is 11.0 Å². The van der Waals surface area contributed by atoms with E-state index in [0.717, 1.165) is 5.56 Å². The monoisotopic (exact) mass is 543 g/mol. The maximum atomic E-state index is 12.3. The van der Waals surface area contributed by atoms with E-state index in [-0.39, 0.29) is 34.2 Å². The van der Waals surface area contributed by atoms with Crippen molar-refractivity contribution >= 4 is 81.7 Å². The fourth-order valence-corrected chi connectivity index (χ4v) is 4.08. The molecule has 3 aromatic rings. The summed E-state index contributed by atoms with van der Waals surface area (Å²) in [7, 11) is 1.75. The summed E-state index contributed by atoms with van der Waals surface area (Å²) in [4.78, 5) is 24.4. The van der Waals surface area contributed by atoms with Crippen molar-refractivity contribution in [3.8, 4) is 0 Å². The molecule has 3 rings (SSSR count). The molecule has 2 amide bonds. The second-order valence-electron chi connectivity index (χ2n) is 6.61. The topological polar surface area (TPSA) is 88.9 Å². The maximum absolute atomic E-state index is 12.3. The minimum atomic E-state index is -0.303. The van der Waals surface area contributed by atoms with Crippen LogP contribution in [0.25, 0.3) is 6.08 Å². The Kier molecular flexibility index (Phi) is 9.05. The summed E-state index contributed by atoms with van der Waals surface area (Å²) in [6.07, 6.45) is 3.03. The van der Waals surface area contributed by atoms with E-state index >= 15 is 0 Å². The van der Waals surface area contributed by atoms with Gasteiger partial charge in [0.2, 0.25) is 11.8 Å². The molecule has 0 radical (unpaired) electrons. The lowest BCUT2D eigenvalue weighted by molar-refractivity contribution is -0.116. The minimum absolute atomic E-state index is 0.0650. The number of hydrogen-bond acceptors (Lipinski definition) is 5. The molecule has 0 spiro atoms. The fourth-order valence-electron chi connectivity index (χ4n) is 2.56. The van der Waals surface area contributed by atoms with Gasteiger partial charge in [0.05, 0.1) is 33.1 Å². The van der Waals surface area contributed by atoms with Gasteiger partial charge in [-0.3, -0.25) is 9.59 Å². The Hall–Kier alpha value is -2.23. The molecule has 33 heavy (non-hydrogen) atoms. The molecule has 0 saturated heterocycles. The van der Waals surface area contributed by atoms with Crippen LogP contribution < -0.4 is 10.6 Å². The highest BCUT2D eigenvalue weighted by atomic mass is 35.5. The van der Waals surface area contributed by atoms with Gasteiger partial charge in [-0.1, -0.05) is 76.4 Å². The van der Waals surface area contributed by atoms with Gasteiger partial charge in [-0.05, 0) is 29.8 Å². The number of anilines is 1. The van der Waals surface area contributed by atoms with Crippen molar-refractivity contribution < 1.29 is 9.59 Å². The summed E-state index contributed by atoms with van der Waals surface area (Å²) < 4.78 is 1.70. The lowest BCUT2D eigenvalue weighted by atomic mass is 10.2. The smallest absolute Gasteiger partial charge is 0.244 e. The number of carbonyl (C=O) groups is 2. The first kappa shape index (κ1) is 25.4. The molecule has 0 saturated carbocycles. The molecule has 0 aliphatic heterocycles. The van der Waals surface area contributed by atoms with E-state index in [1.165, 1.54) is 30.0 Å². The standard InChI is InChI=1S/C21H17Cl4N5O2S/c1-30-18(10-26-19(31)7-6-12-4-2-3-5-13(12)22)28-29-21(30)33-11-20(32)27-17-9-15(24)14(23)8-16(17)25/h2-9H,10-11H2,1H3,(H,26,31)(H,27,32)/b7-6+. The van der Waals surface area contributed by atoms with E-state index in [4.69, 9.17) is 46.4 Å². The van der Waals surface area contributed by atoms with Crippen molar-refractivity contribution in [3.05, 3.63) is 74.0 Å². The maximum Gasteiger partial charge on any atom is 0.244 e. The Labute approximate surface area is 214 Å². The number of rotatable bonds is 8. The fraction of sp³-hybridized carbons (Fsp3) is 0.143. The summed E-state index contributed by atoms with van der Waals surface area (Å²) in [5.41, 5.74) is 1.11. The number of benzene rings is 2. The number of thioether (sulfide) groups is 1. The summed E-state index contributed by atoms with van der Waals surface area (Å²) in [5.74, 6) is -0.00653. The SMILES string of the molecule is Cn1c(CNC(=O)/C=C/c2ccccc2Cl)nnc1SCC(=O)Nc1cc(Cl)c(Cl)cc1Cl. The zero-order valence-electron chi connectivity index (χ0n) is 17.1. The molecular weight excluding hydrogens is 528 g/mol. The number of nitrogens with zero attached hydrogens (tertiary/aromatic N) is 3. The summed E-state index contributed by atoms with van der Waals surface area (Å²) >= 11 is 25.2. The molecule has 0 atom stereocenters.